The summed E-state index contributed by atoms with van der Waals surface area (Å²) in [5.74, 6) is 0.116. The van der Waals surface area contributed by atoms with Crippen LogP contribution in [0.2, 0.25) is 5.02 Å². The molecular weight excluding hydrogens is 398 g/mol. The summed E-state index contributed by atoms with van der Waals surface area (Å²) in [6.07, 6.45) is 4.56. The number of halogens is 1. The smallest absolute Gasteiger partial charge is 0.267 e. The van der Waals surface area contributed by atoms with Crippen molar-refractivity contribution in [3.63, 3.8) is 0 Å². The highest BCUT2D eigenvalue weighted by Crippen LogP contribution is 2.63. The van der Waals surface area contributed by atoms with Crippen LogP contribution in [0.15, 0.2) is 40.9 Å². The number of fused-ring (bicyclic) bond motifs is 2. The molecule has 0 spiro atoms. The van der Waals surface area contributed by atoms with Gasteiger partial charge in [0.2, 0.25) is 10.0 Å². The van der Waals surface area contributed by atoms with Gasteiger partial charge in [0.1, 0.15) is 4.90 Å². The summed E-state index contributed by atoms with van der Waals surface area (Å²) in [6, 6.07) is 4.14. The third kappa shape index (κ3) is 3.40. The van der Waals surface area contributed by atoms with Crippen LogP contribution in [0.5, 0.6) is 0 Å². The molecule has 0 aliphatic heterocycles. The second-order valence-electron chi connectivity index (χ2n) is 8.28. The molecule has 0 heterocycles. The van der Waals surface area contributed by atoms with E-state index < -0.39 is 15.9 Å². The SMILES string of the molecule is C=CCNS(=O)(=O)c1cc(C(=O)N/N=C2\C[C@@H]3CC[C@]2(C)C3(C)C)ccc1Cl. The van der Waals surface area contributed by atoms with Crippen LogP contribution in [0.4, 0.5) is 0 Å². The number of hydrazone groups is 1. The van der Waals surface area contributed by atoms with Gasteiger partial charge in [0.25, 0.3) is 5.91 Å². The van der Waals surface area contributed by atoms with Crippen LogP contribution in [-0.4, -0.2) is 26.6 Å². The third-order valence-electron chi connectivity index (χ3n) is 6.71. The van der Waals surface area contributed by atoms with Gasteiger partial charge in [-0.05, 0) is 48.8 Å². The fraction of sp³-hybridized carbons (Fsp3) is 0.500. The van der Waals surface area contributed by atoms with Gasteiger partial charge in [-0.1, -0.05) is 38.4 Å². The zero-order valence-electron chi connectivity index (χ0n) is 16.4. The molecule has 2 N–H and O–H groups in total. The van der Waals surface area contributed by atoms with Gasteiger partial charge in [0, 0.05) is 23.2 Å². The fourth-order valence-electron chi connectivity index (χ4n) is 4.38. The fourth-order valence-corrected chi connectivity index (χ4v) is 5.90. The van der Waals surface area contributed by atoms with Crippen molar-refractivity contribution in [2.24, 2.45) is 21.8 Å². The van der Waals surface area contributed by atoms with Crippen LogP contribution in [0.25, 0.3) is 0 Å². The number of carbonyl (C=O) groups excluding carboxylic acids is 1. The minimum Gasteiger partial charge on any atom is -0.267 e. The number of sulfonamides is 1. The largest absolute Gasteiger partial charge is 0.271 e. The number of amides is 1. The Morgan fingerprint density at radius 1 is 1.39 bits per heavy atom. The normalized spacial score (nSPS) is 27.1. The van der Waals surface area contributed by atoms with Gasteiger partial charge >= 0.3 is 0 Å². The lowest BCUT2D eigenvalue weighted by molar-refractivity contribution is 0.0953. The lowest BCUT2D eigenvalue weighted by Crippen LogP contribution is -2.34. The molecule has 2 fully saturated rings. The van der Waals surface area contributed by atoms with Crippen molar-refractivity contribution < 1.29 is 13.2 Å². The summed E-state index contributed by atoms with van der Waals surface area (Å²) in [7, 11) is -3.84. The average Bonchev–Trinajstić information content (AvgIpc) is 2.98. The molecular formula is C20H26ClN3O3S. The summed E-state index contributed by atoms with van der Waals surface area (Å²) in [4.78, 5) is 12.4. The number of benzene rings is 1. The van der Waals surface area contributed by atoms with Gasteiger partial charge in [0.05, 0.1) is 5.02 Å². The van der Waals surface area contributed by atoms with E-state index in [0.29, 0.717) is 5.92 Å². The lowest BCUT2D eigenvalue weighted by atomic mass is 9.70. The molecule has 3 rings (SSSR count). The minimum absolute atomic E-state index is 0.0198. The van der Waals surface area contributed by atoms with E-state index in [1.54, 1.807) is 0 Å². The summed E-state index contributed by atoms with van der Waals surface area (Å²) < 4.78 is 27.1. The number of carbonyl (C=O) groups is 1. The van der Waals surface area contributed by atoms with Crippen molar-refractivity contribution in [3.05, 3.63) is 41.4 Å². The first-order valence-electron chi connectivity index (χ1n) is 9.30. The van der Waals surface area contributed by atoms with Gasteiger partial charge in [-0.25, -0.2) is 18.6 Å². The van der Waals surface area contributed by atoms with Crippen molar-refractivity contribution >= 4 is 33.2 Å². The molecule has 2 bridgehead atoms. The molecule has 6 nitrogen and oxygen atoms in total. The quantitative estimate of drug-likeness (QED) is 0.539. The predicted molar refractivity (Wildman–Crippen MR) is 111 cm³/mol. The van der Waals surface area contributed by atoms with E-state index in [2.05, 4.69) is 42.6 Å². The first-order chi connectivity index (χ1) is 13.0. The molecule has 0 radical (unpaired) electrons. The van der Waals surface area contributed by atoms with Crippen LogP contribution in [-0.2, 0) is 10.0 Å². The highest BCUT2D eigenvalue weighted by atomic mass is 35.5. The molecule has 1 amide bonds. The average molecular weight is 424 g/mol. The number of nitrogens with zero attached hydrogens (tertiary/aromatic N) is 1. The summed E-state index contributed by atoms with van der Waals surface area (Å²) in [6.45, 7) is 10.3. The summed E-state index contributed by atoms with van der Waals surface area (Å²) in [5.41, 5.74) is 3.94. The number of hydrogen-bond acceptors (Lipinski definition) is 4. The van der Waals surface area contributed by atoms with Gasteiger partial charge in [-0.2, -0.15) is 5.10 Å². The van der Waals surface area contributed by atoms with Crippen LogP contribution in [0.1, 0.15) is 50.4 Å². The Kier molecular flexibility index (Phi) is 5.47. The van der Waals surface area contributed by atoms with Gasteiger partial charge in [0.15, 0.2) is 0 Å². The molecule has 1 aromatic carbocycles. The Balaban J connectivity index is 1.81. The van der Waals surface area contributed by atoms with E-state index in [-0.39, 0.29) is 32.9 Å². The molecule has 2 atom stereocenters. The van der Waals surface area contributed by atoms with E-state index in [4.69, 9.17) is 11.6 Å². The Bertz CT molecular complexity index is 955. The Labute approximate surface area is 171 Å². The van der Waals surface area contributed by atoms with Gasteiger partial charge < -0.3 is 0 Å². The molecule has 8 heteroatoms. The predicted octanol–water partition coefficient (Wildman–Crippen LogP) is 3.74. The number of hydrogen-bond donors (Lipinski definition) is 2. The first-order valence-corrected chi connectivity index (χ1v) is 11.2. The molecule has 1 aromatic rings. The van der Waals surface area contributed by atoms with Crippen LogP contribution >= 0.6 is 11.6 Å². The van der Waals surface area contributed by atoms with E-state index in [1.165, 1.54) is 30.7 Å². The molecule has 0 saturated heterocycles. The highest BCUT2D eigenvalue weighted by Gasteiger charge is 2.60. The number of nitrogens with one attached hydrogen (secondary N) is 2. The third-order valence-corrected chi connectivity index (χ3v) is 8.61. The topological polar surface area (TPSA) is 87.6 Å². The summed E-state index contributed by atoms with van der Waals surface area (Å²) in [5, 5.41) is 4.46. The van der Waals surface area contributed by atoms with Crippen LogP contribution < -0.4 is 10.1 Å². The van der Waals surface area contributed by atoms with Crippen LogP contribution in [0, 0.1) is 16.7 Å². The molecule has 2 aliphatic carbocycles. The van der Waals surface area contributed by atoms with Gasteiger partial charge in [-0.3, -0.25) is 4.79 Å². The molecule has 28 heavy (non-hydrogen) atoms. The second kappa shape index (κ2) is 7.28. The van der Waals surface area contributed by atoms with Crippen molar-refractivity contribution in [2.45, 2.75) is 44.9 Å². The number of rotatable bonds is 6. The zero-order valence-corrected chi connectivity index (χ0v) is 18.0. The molecule has 0 aromatic heterocycles. The maximum absolute atomic E-state index is 12.6. The van der Waals surface area contributed by atoms with Crippen molar-refractivity contribution in [3.8, 4) is 0 Å². The Hall–Kier alpha value is -1.70. The van der Waals surface area contributed by atoms with E-state index in [1.807, 2.05) is 0 Å². The lowest BCUT2D eigenvalue weighted by Gasteiger charge is -2.34. The van der Waals surface area contributed by atoms with Crippen molar-refractivity contribution in [2.75, 3.05) is 6.54 Å². The maximum Gasteiger partial charge on any atom is 0.271 e. The second-order valence-corrected chi connectivity index (χ2v) is 10.4. The van der Waals surface area contributed by atoms with E-state index in [0.717, 1.165) is 18.6 Å². The first kappa shape index (κ1) is 21.0. The summed E-state index contributed by atoms with van der Waals surface area (Å²) >= 11 is 6.03. The Morgan fingerprint density at radius 2 is 2.11 bits per heavy atom. The van der Waals surface area contributed by atoms with Crippen molar-refractivity contribution in [1.29, 1.82) is 0 Å². The monoisotopic (exact) mass is 423 g/mol. The highest BCUT2D eigenvalue weighted by molar-refractivity contribution is 7.89. The minimum atomic E-state index is -3.84. The van der Waals surface area contributed by atoms with Gasteiger partial charge in [-0.15, -0.1) is 6.58 Å². The maximum atomic E-state index is 12.6. The van der Waals surface area contributed by atoms with E-state index in [9.17, 15) is 13.2 Å². The molecule has 2 aliphatic rings. The van der Waals surface area contributed by atoms with E-state index >= 15 is 0 Å². The van der Waals surface area contributed by atoms with Crippen LogP contribution in [0.3, 0.4) is 0 Å². The zero-order chi connectivity index (χ0) is 20.7. The molecule has 2 saturated carbocycles. The van der Waals surface area contributed by atoms with Crippen molar-refractivity contribution in [1.82, 2.24) is 10.1 Å². The molecule has 0 unspecified atom stereocenters. The Morgan fingerprint density at radius 3 is 2.68 bits per heavy atom. The molecule has 152 valence electrons. The standard InChI is InChI=1S/C20H26ClN3O3S/c1-5-10-22-28(26,27)16-11-13(6-7-15(16)21)18(25)24-23-17-12-14-8-9-20(17,4)19(14,2)3/h5-7,11,14,22H,1,8-10,12H2,2-4H3,(H,24,25)/b23-17+/t14-,20-/m0/s1.